The molecule has 1 rings (SSSR count). The summed E-state index contributed by atoms with van der Waals surface area (Å²) in [4.78, 5) is 0.838. The number of nitrogens with zero attached hydrogens (tertiary/aromatic N) is 2. The summed E-state index contributed by atoms with van der Waals surface area (Å²) in [5.41, 5.74) is 0. The van der Waals surface area contributed by atoms with Gasteiger partial charge in [-0.1, -0.05) is 90.9 Å². The van der Waals surface area contributed by atoms with Gasteiger partial charge in [0.05, 0.1) is 0 Å². The standard InChI is InChI=1S/C24H45Br2N2.BrH/c1-4-6-8-10-12-14-16-18-23(25)27-20-21-28(22(27)3)24(26)19-17-15-13-11-9-7-5-2;/h20-21,23-24H,4-19H2,1-3H3;1H/q+1;/p-1. The second-order valence-corrected chi connectivity index (χ2v) is 10.5. The van der Waals surface area contributed by atoms with Gasteiger partial charge in [0.2, 0.25) is 0 Å². The topological polar surface area (TPSA) is 8.81 Å². The van der Waals surface area contributed by atoms with Crippen LogP contribution in [0.5, 0.6) is 0 Å². The normalized spacial score (nSPS) is 13.3. The fraction of sp³-hybridized carbons (Fsp3) is 0.875. The van der Waals surface area contributed by atoms with E-state index in [2.05, 4.69) is 74.2 Å². The van der Waals surface area contributed by atoms with Gasteiger partial charge in [-0.2, -0.15) is 0 Å². The molecule has 2 unspecified atom stereocenters. The van der Waals surface area contributed by atoms with Gasteiger partial charge in [0.1, 0.15) is 12.4 Å². The summed E-state index contributed by atoms with van der Waals surface area (Å²) in [7, 11) is 0. The predicted molar refractivity (Wildman–Crippen MR) is 131 cm³/mol. The highest BCUT2D eigenvalue weighted by molar-refractivity contribution is 9.09. The van der Waals surface area contributed by atoms with Crippen LogP contribution >= 0.6 is 31.9 Å². The van der Waals surface area contributed by atoms with Crippen LogP contribution in [0, 0.1) is 6.92 Å². The molecule has 2 atom stereocenters. The van der Waals surface area contributed by atoms with E-state index in [-0.39, 0.29) is 17.0 Å². The van der Waals surface area contributed by atoms with Gasteiger partial charge in [-0.05, 0) is 57.5 Å². The molecule has 172 valence electrons. The lowest BCUT2D eigenvalue weighted by Crippen LogP contribution is -3.00. The largest absolute Gasteiger partial charge is 1.00 e. The third-order valence-corrected chi connectivity index (χ3v) is 7.63. The van der Waals surface area contributed by atoms with Crippen LogP contribution in [0.3, 0.4) is 0 Å². The molecule has 29 heavy (non-hydrogen) atoms. The smallest absolute Gasteiger partial charge is 0.255 e. The number of hydrogen-bond acceptors (Lipinski definition) is 0. The van der Waals surface area contributed by atoms with Crippen LogP contribution in [-0.4, -0.2) is 4.57 Å². The zero-order chi connectivity index (χ0) is 20.6. The quantitative estimate of drug-likeness (QED) is 0.108. The first-order chi connectivity index (χ1) is 13.6. The molecule has 0 fully saturated rings. The van der Waals surface area contributed by atoms with Gasteiger partial charge in [-0.3, -0.25) is 0 Å². The van der Waals surface area contributed by atoms with Gasteiger partial charge >= 0.3 is 0 Å². The first-order valence-corrected chi connectivity index (χ1v) is 13.8. The molecular weight excluding hydrogens is 556 g/mol. The number of unbranched alkanes of at least 4 members (excludes halogenated alkanes) is 12. The predicted octanol–water partition coefficient (Wildman–Crippen LogP) is 6.16. The third kappa shape index (κ3) is 12.9. The van der Waals surface area contributed by atoms with Crippen molar-refractivity contribution in [3.05, 3.63) is 18.2 Å². The number of aromatic nitrogens is 2. The summed E-state index contributed by atoms with van der Waals surface area (Å²) in [5, 5.41) is 0. The first kappa shape index (κ1) is 29.7. The average Bonchev–Trinajstić information content (AvgIpc) is 3.08. The van der Waals surface area contributed by atoms with Crippen molar-refractivity contribution in [2.75, 3.05) is 0 Å². The minimum atomic E-state index is 0. The molecule has 1 heterocycles. The highest BCUT2D eigenvalue weighted by atomic mass is 79.9. The number of rotatable bonds is 18. The van der Waals surface area contributed by atoms with E-state index >= 15 is 0 Å². The number of hydrogen-bond donors (Lipinski definition) is 0. The van der Waals surface area contributed by atoms with Crippen molar-refractivity contribution in [1.29, 1.82) is 0 Å². The first-order valence-electron chi connectivity index (χ1n) is 12.0. The van der Waals surface area contributed by atoms with E-state index in [4.69, 9.17) is 0 Å². The molecule has 0 aliphatic rings. The summed E-state index contributed by atoms with van der Waals surface area (Å²) in [6.07, 6.45) is 26.2. The van der Waals surface area contributed by atoms with Crippen molar-refractivity contribution in [3.63, 3.8) is 0 Å². The molecule has 0 aliphatic carbocycles. The lowest BCUT2D eigenvalue weighted by atomic mass is 10.1. The maximum absolute atomic E-state index is 3.92. The molecule has 0 radical (unpaired) electrons. The van der Waals surface area contributed by atoms with Gasteiger partial charge < -0.3 is 17.0 Å². The molecular formula is C24H45Br3N2. The van der Waals surface area contributed by atoms with Crippen LogP contribution in [0.25, 0.3) is 0 Å². The van der Waals surface area contributed by atoms with Crippen LogP contribution < -0.4 is 21.5 Å². The zero-order valence-corrected chi connectivity index (χ0v) is 23.9. The van der Waals surface area contributed by atoms with Crippen LogP contribution in [0.4, 0.5) is 0 Å². The molecule has 0 aliphatic heterocycles. The van der Waals surface area contributed by atoms with Crippen molar-refractivity contribution in [3.8, 4) is 0 Å². The zero-order valence-electron chi connectivity index (χ0n) is 19.2. The maximum Gasteiger partial charge on any atom is 0.255 e. The van der Waals surface area contributed by atoms with Gasteiger partial charge in [-0.25, -0.2) is 9.13 Å². The van der Waals surface area contributed by atoms with Gasteiger partial charge in [0.25, 0.3) is 5.82 Å². The van der Waals surface area contributed by atoms with Crippen molar-refractivity contribution in [2.45, 2.75) is 133 Å². The molecule has 1 aromatic heterocycles. The number of halogens is 3. The Bertz CT molecular complexity index is 449. The molecule has 0 N–H and O–H groups in total. The van der Waals surface area contributed by atoms with Gasteiger partial charge in [0, 0.05) is 6.92 Å². The Morgan fingerprint density at radius 2 is 1.21 bits per heavy atom. The van der Waals surface area contributed by atoms with E-state index in [0.29, 0.717) is 9.90 Å². The molecule has 5 heteroatoms. The molecule has 0 aromatic carbocycles. The second kappa shape index (κ2) is 19.3. The summed E-state index contributed by atoms with van der Waals surface area (Å²) in [6, 6.07) is 0. The van der Waals surface area contributed by atoms with Crippen LogP contribution in [0.1, 0.15) is 132 Å². The Balaban J connectivity index is 0.00000784. The van der Waals surface area contributed by atoms with Crippen molar-refractivity contribution in [2.24, 2.45) is 0 Å². The lowest BCUT2D eigenvalue weighted by Gasteiger charge is -2.11. The highest BCUT2D eigenvalue weighted by Gasteiger charge is 2.22. The molecule has 0 bridgehead atoms. The summed E-state index contributed by atoms with van der Waals surface area (Å²) in [6.45, 7) is 6.82. The Morgan fingerprint density at radius 3 is 1.72 bits per heavy atom. The van der Waals surface area contributed by atoms with Crippen LogP contribution in [0.15, 0.2) is 12.4 Å². The van der Waals surface area contributed by atoms with Crippen molar-refractivity contribution >= 4 is 31.9 Å². The van der Waals surface area contributed by atoms with E-state index in [1.54, 1.807) is 0 Å². The minimum absolute atomic E-state index is 0. The van der Waals surface area contributed by atoms with E-state index in [9.17, 15) is 0 Å². The summed E-state index contributed by atoms with van der Waals surface area (Å²) in [5.74, 6) is 1.34. The van der Waals surface area contributed by atoms with Crippen LogP contribution in [-0.2, 0) is 0 Å². The second-order valence-electron chi connectivity index (χ2n) is 8.35. The Labute approximate surface area is 208 Å². The van der Waals surface area contributed by atoms with Crippen LogP contribution in [0.2, 0.25) is 0 Å². The van der Waals surface area contributed by atoms with E-state index in [1.165, 1.54) is 109 Å². The average molecular weight is 601 g/mol. The maximum atomic E-state index is 3.92. The molecule has 0 saturated carbocycles. The Morgan fingerprint density at radius 1 is 0.759 bits per heavy atom. The fourth-order valence-electron chi connectivity index (χ4n) is 3.90. The minimum Gasteiger partial charge on any atom is -1.00 e. The third-order valence-electron chi connectivity index (χ3n) is 5.83. The van der Waals surface area contributed by atoms with E-state index in [0.717, 1.165) is 0 Å². The van der Waals surface area contributed by atoms with E-state index in [1.807, 2.05) is 0 Å². The molecule has 2 nitrogen and oxygen atoms in total. The summed E-state index contributed by atoms with van der Waals surface area (Å²) < 4.78 is 4.80. The van der Waals surface area contributed by atoms with Crippen molar-refractivity contribution < 1.29 is 21.5 Å². The molecule has 0 spiro atoms. The Hall–Kier alpha value is 0.650. The Kier molecular flexibility index (Phi) is 19.8. The van der Waals surface area contributed by atoms with Gasteiger partial charge in [0.15, 0.2) is 9.90 Å². The molecule has 0 saturated heterocycles. The lowest BCUT2D eigenvalue weighted by molar-refractivity contribution is -0.703. The van der Waals surface area contributed by atoms with Crippen molar-refractivity contribution in [1.82, 2.24) is 4.57 Å². The number of alkyl halides is 2. The van der Waals surface area contributed by atoms with E-state index < -0.39 is 0 Å². The molecule has 1 aromatic rings. The SMILES string of the molecule is CCCCCCCCCC(Br)n1cc[n+](C(Br)CCCCCCCCC)c1C.[Br-]. The highest BCUT2D eigenvalue weighted by Crippen LogP contribution is 2.25. The number of imidazole rings is 1. The monoisotopic (exact) mass is 598 g/mol. The fourth-order valence-corrected chi connectivity index (χ4v) is 5.42. The summed E-state index contributed by atoms with van der Waals surface area (Å²) >= 11 is 7.84. The van der Waals surface area contributed by atoms with Gasteiger partial charge in [-0.15, -0.1) is 0 Å². The molecule has 0 amide bonds.